The first kappa shape index (κ1) is 14.3. The third-order valence-electron chi connectivity index (χ3n) is 3.19. The van der Waals surface area contributed by atoms with Crippen LogP contribution in [0.1, 0.15) is 34.8 Å². The highest BCUT2D eigenvalue weighted by atomic mass is 19.1. The molecule has 0 fully saturated rings. The zero-order valence-corrected chi connectivity index (χ0v) is 11.7. The van der Waals surface area contributed by atoms with Gasteiger partial charge in [-0.25, -0.2) is 4.39 Å². The van der Waals surface area contributed by atoms with Crippen molar-refractivity contribution in [1.82, 2.24) is 0 Å². The van der Waals surface area contributed by atoms with Crippen LogP contribution >= 0.6 is 0 Å². The Hall–Kier alpha value is -2.16. The van der Waals surface area contributed by atoms with Crippen molar-refractivity contribution in [3.05, 3.63) is 65.0 Å². The number of rotatable bonds is 4. The summed E-state index contributed by atoms with van der Waals surface area (Å²) in [6.07, 6.45) is 2.10. The summed E-state index contributed by atoms with van der Waals surface area (Å²) in [7, 11) is 0. The highest BCUT2D eigenvalue weighted by Gasteiger charge is 2.08. The van der Waals surface area contributed by atoms with Gasteiger partial charge in [0, 0.05) is 11.3 Å². The van der Waals surface area contributed by atoms with Crippen molar-refractivity contribution < 1.29 is 9.18 Å². The second-order valence-corrected chi connectivity index (χ2v) is 4.86. The summed E-state index contributed by atoms with van der Waals surface area (Å²) in [4.78, 5) is 12.1. The molecule has 2 aromatic rings. The first-order chi connectivity index (χ1) is 9.60. The molecule has 2 aromatic carbocycles. The number of carbonyl (C=O) groups excluding carboxylic acids is 1. The van der Waals surface area contributed by atoms with Crippen LogP contribution in [-0.2, 0) is 6.42 Å². The zero-order valence-electron chi connectivity index (χ0n) is 11.7. The lowest BCUT2D eigenvalue weighted by atomic mass is 10.1. The molecule has 0 bridgehead atoms. The fraction of sp³-hybridized carbons (Fsp3) is 0.235. The molecule has 0 spiro atoms. The van der Waals surface area contributed by atoms with Gasteiger partial charge < -0.3 is 5.32 Å². The molecule has 1 amide bonds. The van der Waals surface area contributed by atoms with Crippen LogP contribution in [0, 0.1) is 12.7 Å². The van der Waals surface area contributed by atoms with Gasteiger partial charge >= 0.3 is 0 Å². The van der Waals surface area contributed by atoms with Gasteiger partial charge in [0.1, 0.15) is 5.82 Å². The quantitative estimate of drug-likeness (QED) is 0.880. The molecule has 0 saturated heterocycles. The van der Waals surface area contributed by atoms with E-state index in [0.29, 0.717) is 16.8 Å². The number of hydrogen-bond acceptors (Lipinski definition) is 1. The Bertz CT molecular complexity index is 605. The molecule has 0 heterocycles. The van der Waals surface area contributed by atoms with Crippen LogP contribution in [0.5, 0.6) is 0 Å². The standard InChI is InChI=1S/C17H18FNO/c1-3-4-13-5-7-14(8-6-13)17(20)19-16-10-9-15(18)11-12(16)2/h5-11H,3-4H2,1-2H3,(H,19,20). The van der Waals surface area contributed by atoms with Crippen molar-refractivity contribution >= 4 is 11.6 Å². The highest BCUT2D eigenvalue weighted by molar-refractivity contribution is 6.04. The number of hydrogen-bond donors (Lipinski definition) is 1. The second kappa shape index (κ2) is 6.33. The average molecular weight is 271 g/mol. The molecule has 20 heavy (non-hydrogen) atoms. The van der Waals surface area contributed by atoms with Gasteiger partial charge in [0.25, 0.3) is 5.91 Å². The molecule has 2 nitrogen and oxygen atoms in total. The van der Waals surface area contributed by atoms with Crippen molar-refractivity contribution in [2.24, 2.45) is 0 Å². The summed E-state index contributed by atoms with van der Waals surface area (Å²) in [5.74, 6) is -0.479. The van der Waals surface area contributed by atoms with Gasteiger partial charge in [-0.15, -0.1) is 0 Å². The number of benzene rings is 2. The minimum absolute atomic E-state index is 0.178. The van der Waals surface area contributed by atoms with E-state index in [0.717, 1.165) is 12.8 Å². The molecule has 0 saturated carbocycles. The molecule has 2 rings (SSSR count). The van der Waals surface area contributed by atoms with Gasteiger partial charge in [0.2, 0.25) is 0 Å². The molecule has 0 unspecified atom stereocenters. The maximum Gasteiger partial charge on any atom is 0.255 e. The molecule has 0 aromatic heterocycles. The summed E-state index contributed by atoms with van der Waals surface area (Å²) in [6.45, 7) is 3.89. The fourth-order valence-corrected chi connectivity index (χ4v) is 2.07. The van der Waals surface area contributed by atoms with E-state index >= 15 is 0 Å². The zero-order chi connectivity index (χ0) is 14.5. The summed E-state index contributed by atoms with van der Waals surface area (Å²) < 4.78 is 13.0. The van der Waals surface area contributed by atoms with Gasteiger partial charge in [0.15, 0.2) is 0 Å². The Morgan fingerprint density at radius 2 is 1.85 bits per heavy atom. The topological polar surface area (TPSA) is 29.1 Å². The molecule has 0 radical (unpaired) electrons. The molecule has 0 aliphatic carbocycles. The second-order valence-electron chi connectivity index (χ2n) is 4.86. The van der Waals surface area contributed by atoms with Crippen molar-refractivity contribution in [2.75, 3.05) is 5.32 Å². The van der Waals surface area contributed by atoms with E-state index in [1.807, 2.05) is 24.3 Å². The van der Waals surface area contributed by atoms with Gasteiger partial charge in [-0.1, -0.05) is 25.5 Å². The molecular weight excluding hydrogens is 253 g/mol. The Morgan fingerprint density at radius 3 is 2.45 bits per heavy atom. The van der Waals surface area contributed by atoms with Crippen LogP contribution in [0.3, 0.4) is 0 Å². The highest BCUT2D eigenvalue weighted by Crippen LogP contribution is 2.17. The van der Waals surface area contributed by atoms with Crippen molar-refractivity contribution in [3.63, 3.8) is 0 Å². The van der Waals surface area contributed by atoms with Crippen LogP contribution in [0.25, 0.3) is 0 Å². The van der Waals surface area contributed by atoms with Crippen LogP contribution < -0.4 is 5.32 Å². The lowest BCUT2D eigenvalue weighted by molar-refractivity contribution is 0.102. The SMILES string of the molecule is CCCc1ccc(C(=O)Nc2ccc(F)cc2C)cc1. The minimum Gasteiger partial charge on any atom is -0.322 e. The van der Waals surface area contributed by atoms with Crippen LogP contribution in [0.2, 0.25) is 0 Å². The number of aryl methyl sites for hydroxylation is 2. The first-order valence-corrected chi connectivity index (χ1v) is 6.76. The van der Waals surface area contributed by atoms with Crippen LogP contribution in [0.4, 0.5) is 10.1 Å². The molecule has 3 heteroatoms. The third kappa shape index (κ3) is 3.44. The van der Waals surface area contributed by atoms with E-state index in [2.05, 4.69) is 12.2 Å². The van der Waals surface area contributed by atoms with Crippen LogP contribution in [-0.4, -0.2) is 5.91 Å². The summed E-state index contributed by atoms with van der Waals surface area (Å²) in [5.41, 5.74) is 3.17. The molecule has 0 atom stereocenters. The molecular formula is C17H18FNO. The van der Waals surface area contributed by atoms with Crippen molar-refractivity contribution in [2.45, 2.75) is 26.7 Å². The number of nitrogens with one attached hydrogen (secondary N) is 1. The minimum atomic E-state index is -0.301. The van der Waals surface area contributed by atoms with Gasteiger partial charge in [-0.2, -0.15) is 0 Å². The Labute approximate surface area is 118 Å². The molecule has 104 valence electrons. The van der Waals surface area contributed by atoms with E-state index in [4.69, 9.17) is 0 Å². The summed E-state index contributed by atoms with van der Waals surface area (Å²) in [5, 5.41) is 2.80. The Kier molecular flexibility index (Phi) is 4.51. The van der Waals surface area contributed by atoms with Crippen LogP contribution in [0.15, 0.2) is 42.5 Å². The van der Waals surface area contributed by atoms with Gasteiger partial charge in [-0.3, -0.25) is 4.79 Å². The molecule has 0 aliphatic heterocycles. The first-order valence-electron chi connectivity index (χ1n) is 6.76. The third-order valence-corrected chi connectivity index (χ3v) is 3.19. The van der Waals surface area contributed by atoms with E-state index in [9.17, 15) is 9.18 Å². The largest absolute Gasteiger partial charge is 0.322 e. The predicted molar refractivity (Wildman–Crippen MR) is 79.5 cm³/mol. The number of anilines is 1. The lowest BCUT2D eigenvalue weighted by Gasteiger charge is -2.09. The van der Waals surface area contributed by atoms with E-state index in [1.165, 1.54) is 17.7 Å². The van der Waals surface area contributed by atoms with Gasteiger partial charge in [0.05, 0.1) is 0 Å². The smallest absolute Gasteiger partial charge is 0.255 e. The average Bonchev–Trinajstić information content (AvgIpc) is 2.43. The fourth-order valence-electron chi connectivity index (χ4n) is 2.07. The van der Waals surface area contributed by atoms with Gasteiger partial charge in [-0.05, 0) is 54.8 Å². The summed E-state index contributed by atoms with van der Waals surface area (Å²) >= 11 is 0. The maximum atomic E-state index is 13.0. The van der Waals surface area contributed by atoms with E-state index < -0.39 is 0 Å². The van der Waals surface area contributed by atoms with Crippen molar-refractivity contribution in [1.29, 1.82) is 0 Å². The maximum absolute atomic E-state index is 13.0. The summed E-state index contributed by atoms with van der Waals surface area (Å²) in [6, 6.07) is 11.9. The molecule has 0 aliphatic rings. The lowest BCUT2D eigenvalue weighted by Crippen LogP contribution is -2.12. The Morgan fingerprint density at radius 1 is 1.15 bits per heavy atom. The normalized spacial score (nSPS) is 10.3. The number of carbonyl (C=O) groups is 1. The van der Waals surface area contributed by atoms with E-state index in [-0.39, 0.29) is 11.7 Å². The van der Waals surface area contributed by atoms with Crippen molar-refractivity contribution in [3.8, 4) is 0 Å². The van der Waals surface area contributed by atoms with E-state index in [1.54, 1.807) is 13.0 Å². The predicted octanol–water partition coefficient (Wildman–Crippen LogP) is 4.34. The molecule has 1 N–H and O–H groups in total. The number of halogens is 1. The Balaban J connectivity index is 2.11. The number of amides is 1. The monoisotopic (exact) mass is 271 g/mol.